The van der Waals surface area contributed by atoms with Crippen LogP contribution in [-0.4, -0.2) is 44.7 Å². The number of carbonyl (C=O) groups excluding carboxylic acids is 2. The van der Waals surface area contributed by atoms with E-state index in [1.165, 1.54) is 11.4 Å². The maximum absolute atomic E-state index is 12.7. The number of rotatable bonds is 5. The molecule has 1 aliphatic rings. The number of piperidine rings is 1. The van der Waals surface area contributed by atoms with E-state index in [-0.39, 0.29) is 35.7 Å². The lowest BCUT2D eigenvalue weighted by Gasteiger charge is -2.30. The molecule has 1 aliphatic heterocycles. The molecule has 0 bridgehead atoms. The molecule has 0 atom stereocenters. The Morgan fingerprint density at radius 1 is 0.964 bits per heavy atom. The largest absolute Gasteiger partial charge is 0.355 e. The Hall–Kier alpha value is -2.71. The van der Waals surface area contributed by atoms with Gasteiger partial charge in [-0.05, 0) is 37.1 Å². The van der Waals surface area contributed by atoms with Gasteiger partial charge in [-0.1, -0.05) is 30.3 Å². The molecule has 0 saturated carbocycles. The second-order valence-corrected chi connectivity index (χ2v) is 8.54. The van der Waals surface area contributed by atoms with Crippen LogP contribution in [0.4, 0.5) is 5.69 Å². The first kappa shape index (κ1) is 20.0. The molecular weight excluding hydrogens is 378 g/mol. The Bertz CT molecular complexity index is 952. The fourth-order valence-corrected chi connectivity index (χ4v) is 4.75. The van der Waals surface area contributed by atoms with Crippen molar-refractivity contribution in [2.45, 2.75) is 17.7 Å². The number of para-hydroxylation sites is 1. The number of carbonyl (C=O) groups is 2. The molecule has 8 heteroatoms. The van der Waals surface area contributed by atoms with Gasteiger partial charge in [-0.3, -0.25) is 9.59 Å². The van der Waals surface area contributed by atoms with Gasteiger partial charge in [0.1, 0.15) is 0 Å². The van der Waals surface area contributed by atoms with Gasteiger partial charge >= 0.3 is 0 Å². The molecule has 1 heterocycles. The van der Waals surface area contributed by atoms with Gasteiger partial charge in [0.25, 0.3) is 5.91 Å². The third-order valence-corrected chi connectivity index (χ3v) is 6.78. The number of amides is 2. The fourth-order valence-electron chi connectivity index (χ4n) is 3.26. The van der Waals surface area contributed by atoms with E-state index in [0.717, 1.165) is 0 Å². The van der Waals surface area contributed by atoms with Crippen LogP contribution in [0, 0.1) is 5.92 Å². The van der Waals surface area contributed by atoms with Crippen molar-refractivity contribution in [2.24, 2.45) is 5.92 Å². The molecule has 148 valence electrons. The normalized spacial score (nSPS) is 15.8. The lowest BCUT2D eigenvalue weighted by Crippen LogP contribution is -2.41. The van der Waals surface area contributed by atoms with E-state index in [2.05, 4.69) is 10.6 Å². The predicted octanol–water partition coefficient (Wildman–Crippen LogP) is 2.09. The van der Waals surface area contributed by atoms with E-state index < -0.39 is 10.0 Å². The van der Waals surface area contributed by atoms with Crippen LogP contribution in [0.5, 0.6) is 0 Å². The van der Waals surface area contributed by atoms with Crippen molar-refractivity contribution in [3.63, 3.8) is 0 Å². The maximum Gasteiger partial charge on any atom is 0.253 e. The smallest absolute Gasteiger partial charge is 0.253 e. The van der Waals surface area contributed by atoms with Crippen molar-refractivity contribution in [3.8, 4) is 0 Å². The van der Waals surface area contributed by atoms with E-state index in [1.54, 1.807) is 54.6 Å². The molecule has 7 nitrogen and oxygen atoms in total. The molecule has 1 saturated heterocycles. The summed E-state index contributed by atoms with van der Waals surface area (Å²) in [5.74, 6) is -0.784. The summed E-state index contributed by atoms with van der Waals surface area (Å²) >= 11 is 0. The standard InChI is InChI=1S/C20H23N3O4S/c1-21-20(25)17-9-5-6-10-18(17)22-19(24)15-11-13-23(14-12-15)28(26,27)16-7-3-2-4-8-16/h2-10,15H,11-14H2,1H3,(H,21,25)(H,22,24). The number of nitrogens with zero attached hydrogens (tertiary/aromatic N) is 1. The minimum absolute atomic E-state index is 0.201. The molecular formula is C20H23N3O4S. The number of anilines is 1. The van der Waals surface area contributed by atoms with Crippen LogP contribution >= 0.6 is 0 Å². The van der Waals surface area contributed by atoms with Crippen molar-refractivity contribution < 1.29 is 18.0 Å². The molecule has 2 amide bonds. The summed E-state index contributed by atoms with van der Waals surface area (Å²) in [4.78, 5) is 24.9. The van der Waals surface area contributed by atoms with Crippen LogP contribution in [0.25, 0.3) is 0 Å². The Morgan fingerprint density at radius 2 is 1.57 bits per heavy atom. The summed E-state index contributed by atoms with van der Waals surface area (Å²) in [6.45, 7) is 0.568. The SMILES string of the molecule is CNC(=O)c1ccccc1NC(=O)C1CCN(S(=O)(=O)c2ccccc2)CC1. The Balaban J connectivity index is 1.64. The van der Waals surface area contributed by atoms with Crippen molar-refractivity contribution in [3.05, 3.63) is 60.2 Å². The van der Waals surface area contributed by atoms with Crippen LogP contribution < -0.4 is 10.6 Å². The second-order valence-electron chi connectivity index (χ2n) is 6.61. The fraction of sp³-hybridized carbons (Fsp3) is 0.300. The highest BCUT2D eigenvalue weighted by atomic mass is 32.2. The molecule has 0 spiro atoms. The molecule has 2 N–H and O–H groups in total. The minimum atomic E-state index is -3.54. The third-order valence-electron chi connectivity index (χ3n) is 4.86. The van der Waals surface area contributed by atoms with Crippen molar-refractivity contribution >= 4 is 27.5 Å². The molecule has 0 radical (unpaired) electrons. The summed E-state index contributed by atoms with van der Waals surface area (Å²) in [5.41, 5.74) is 0.841. The van der Waals surface area contributed by atoms with Gasteiger partial charge in [-0.2, -0.15) is 4.31 Å². The van der Waals surface area contributed by atoms with Gasteiger partial charge in [-0.25, -0.2) is 8.42 Å². The minimum Gasteiger partial charge on any atom is -0.355 e. The zero-order chi connectivity index (χ0) is 20.1. The predicted molar refractivity (Wildman–Crippen MR) is 106 cm³/mol. The number of nitrogens with one attached hydrogen (secondary N) is 2. The number of sulfonamides is 1. The van der Waals surface area contributed by atoms with Crippen LogP contribution in [0.3, 0.4) is 0 Å². The molecule has 28 heavy (non-hydrogen) atoms. The lowest BCUT2D eigenvalue weighted by atomic mass is 9.97. The first-order valence-corrected chi connectivity index (χ1v) is 10.5. The number of benzene rings is 2. The second kappa shape index (κ2) is 8.53. The van der Waals surface area contributed by atoms with E-state index >= 15 is 0 Å². The number of hydrogen-bond acceptors (Lipinski definition) is 4. The van der Waals surface area contributed by atoms with E-state index in [0.29, 0.717) is 24.1 Å². The van der Waals surface area contributed by atoms with Crippen LogP contribution in [0.1, 0.15) is 23.2 Å². The molecule has 2 aromatic carbocycles. The molecule has 0 unspecified atom stereocenters. The highest BCUT2D eigenvalue weighted by Gasteiger charge is 2.32. The Morgan fingerprint density at radius 3 is 2.21 bits per heavy atom. The first-order chi connectivity index (χ1) is 13.4. The average Bonchev–Trinajstić information content (AvgIpc) is 2.74. The first-order valence-electron chi connectivity index (χ1n) is 9.10. The van der Waals surface area contributed by atoms with Crippen molar-refractivity contribution in [2.75, 3.05) is 25.5 Å². The summed E-state index contributed by atoms with van der Waals surface area (Å²) in [5, 5.41) is 5.36. The van der Waals surface area contributed by atoms with E-state index in [9.17, 15) is 18.0 Å². The zero-order valence-corrected chi connectivity index (χ0v) is 16.4. The highest BCUT2D eigenvalue weighted by molar-refractivity contribution is 7.89. The molecule has 2 aromatic rings. The van der Waals surface area contributed by atoms with Gasteiger partial charge in [-0.15, -0.1) is 0 Å². The Kier molecular flexibility index (Phi) is 6.11. The summed E-state index contributed by atoms with van der Waals surface area (Å²) < 4.78 is 26.8. The summed E-state index contributed by atoms with van der Waals surface area (Å²) in [7, 11) is -2.01. The summed E-state index contributed by atoms with van der Waals surface area (Å²) in [6, 6.07) is 15.1. The van der Waals surface area contributed by atoms with Crippen LogP contribution in [-0.2, 0) is 14.8 Å². The monoisotopic (exact) mass is 401 g/mol. The number of hydrogen-bond donors (Lipinski definition) is 2. The third kappa shape index (κ3) is 4.23. The maximum atomic E-state index is 12.7. The van der Waals surface area contributed by atoms with Crippen molar-refractivity contribution in [1.29, 1.82) is 0 Å². The highest BCUT2D eigenvalue weighted by Crippen LogP contribution is 2.25. The molecule has 1 fully saturated rings. The quantitative estimate of drug-likeness (QED) is 0.802. The summed E-state index contributed by atoms with van der Waals surface area (Å²) in [6.07, 6.45) is 0.861. The zero-order valence-electron chi connectivity index (χ0n) is 15.6. The molecule has 0 aliphatic carbocycles. The average molecular weight is 401 g/mol. The molecule has 0 aromatic heterocycles. The van der Waals surface area contributed by atoms with Gasteiger partial charge in [0.05, 0.1) is 16.1 Å². The van der Waals surface area contributed by atoms with E-state index in [4.69, 9.17) is 0 Å². The van der Waals surface area contributed by atoms with Gasteiger partial charge in [0.15, 0.2) is 0 Å². The van der Waals surface area contributed by atoms with Gasteiger partial charge in [0, 0.05) is 26.1 Å². The lowest BCUT2D eigenvalue weighted by molar-refractivity contribution is -0.120. The van der Waals surface area contributed by atoms with E-state index in [1.807, 2.05) is 0 Å². The van der Waals surface area contributed by atoms with Crippen LogP contribution in [0.2, 0.25) is 0 Å². The molecule has 3 rings (SSSR count). The topological polar surface area (TPSA) is 95.6 Å². The van der Waals surface area contributed by atoms with Crippen LogP contribution in [0.15, 0.2) is 59.5 Å². The van der Waals surface area contributed by atoms with Gasteiger partial charge < -0.3 is 10.6 Å². The Labute approximate surface area is 164 Å². The van der Waals surface area contributed by atoms with Gasteiger partial charge in [0.2, 0.25) is 15.9 Å². The van der Waals surface area contributed by atoms with Crippen molar-refractivity contribution in [1.82, 2.24) is 9.62 Å².